The topological polar surface area (TPSA) is 93.2 Å². The van der Waals surface area contributed by atoms with Crippen molar-refractivity contribution in [3.05, 3.63) is 95.1 Å². The molecule has 1 heterocycles. The van der Waals surface area contributed by atoms with Crippen LogP contribution in [0.1, 0.15) is 38.3 Å². The average molecular weight is 487 g/mol. The first kappa shape index (κ1) is 24.7. The van der Waals surface area contributed by atoms with Gasteiger partial charge >= 0.3 is 5.97 Å². The van der Waals surface area contributed by atoms with Crippen molar-refractivity contribution in [2.24, 2.45) is 0 Å². The van der Waals surface area contributed by atoms with Crippen LogP contribution in [0.15, 0.2) is 72.8 Å². The number of hydrogen-bond donors (Lipinski definition) is 0. The fourth-order valence-corrected chi connectivity index (χ4v) is 4.11. The molecule has 0 aliphatic carbocycles. The van der Waals surface area contributed by atoms with Gasteiger partial charge in [0.15, 0.2) is 0 Å². The van der Waals surface area contributed by atoms with Crippen molar-refractivity contribution in [3.63, 3.8) is 0 Å². The second-order valence-corrected chi connectivity index (χ2v) is 8.47. The van der Waals surface area contributed by atoms with Gasteiger partial charge in [0.25, 0.3) is 11.8 Å². The van der Waals surface area contributed by atoms with Crippen LogP contribution >= 0.6 is 0 Å². The highest BCUT2D eigenvalue weighted by atomic mass is 16.5. The number of rotatable bonds is 7. The van der Waals surface area contributed by atoms with E-state index in [1.165, 1.54) is 43.4 Å². The smallest absolute Gasteiger partial charge is 0.337 e. The number of carbonyl (C=O) groups is 4. The molecule has 1 fully saturated rings. The van der Waals surface area contributed by atoms with E-state index in [1.807, 2.05) is 31.2 Å². The van der Waals surface area contributed by atoms with E-state index in [0.717, 1.165) is 16.0 Å². The van der Waals surface area contributed by atoms with Gasteiger partial charge in [-0.2, -0.15) is 0 Å². The van der Waals surface area contributed by atoms with Crippen LogP contribution in [0.25, 0.3) is 0 Å². The van der Waals surface area contributed by atoms with Crippen molar-refractivity contribution < 1.29 is 28.7 Å². The lowest BCUT2D eigenvalue weighted by molar-refractivity contribution is -0.122. The normalized spacial score (nSPS) is 15.1. The molecular weight excluding hydrogens is 460 g/mol. The summed E-state index contributed by atoms with van der Waals surface area (Å²) in [6, 6.07) is 19.3. The Kier molecular flexibility index (Phi) is 7.15. The molecule has 36 heavy (non-hydrogen) atoms. The van der Waals surface area contributed by atoms with E-state index in [4.69, 9.17) is 9.47 Å². The molecule has 4 rings (SSSR count). The van der Waals surface area contributed by atoms with E-state index in [-0.39, 0.29) is 18.9 Å². The zero-order valence-electron chi connectivity index (χ0n) is 20.3. The number of ether oxygens (including phenoxy) is 2. The maximum atomic E-state index is 13.6. The quantitative estimate of drug-likeness (QED) is 0.373. The minimum Gasteiger partial charge on any atom is -0.497 e. The molecule has 0 spiro atoms. The number of nitrogens with zero attached hydrogens (tertiary/aromatic N) is 2. The number of carbonyl (C=O) groups excluding carboxylic acids is 4. The van der Waals surface area contributed by atoms with Gasteiger partial charge in [-0.15, -0.1) is 0 Å². The van der Waals surface area contributed by atoms with Crippen LogP contribution in [0.4, 0.5) is 5.69 Å². The van der Waals surface area contributed by atoms with E-state index < -0.39 is 23.8 Å². The van der Waals surface area contributed by atoms with Crippen LogP contribution in [0.3, 0.4) is 0 Å². The Morgan fingerprint density at radius 2 is 1.50 bits per heavy atom. The first-order valence-electron chi connectivity index (χ1n) is 11.4. The molecule has 1 unspecified atom stereocenters. The lowest BCUT2D eigenvalue weighted by Crippen LogP contribution is -2.45. The molecule has 3 aromatic carbocycles. The van der Waals surface area contributed by atoms with E-state index in [1.54, 1.807) is 24.3 Å². The molecule has 0 N–H and O–H groups in total. The molecule has 1 saturated heterocycles. The van der Waals surface area contributed by atoms with Gasteiger partial charge in [0.05, 0.1) is 31.9 Å². The van der Waals surface area contributed by atoms with E-state index in [0.29, 0.717) is 22.6 Å². The van der Waals surface area contributed by atoms with Crippen LogP contribution in [0.2, 0.25) is 0 Å². The van der Waals surface area contributed by atoms with Gasteiger partial charge in [-0.3, -0.25) is 14.4 Å². The number of methoxy groups -OCH3 is 2. The molecule has 3 aromatic rings. The third-order valence-electron chi connectivity index (χ3n) is 6.12. The molecule has 0 aromatic heterocycles. The largest absolute Gasteiger partial charge is 0.497 e. The van der Waals surface area contributed by atoms with E-state index >= 15 is 0 Å². The predicted octanol–water partition coefficient (Wildman–Crippen LogP) is 3.76. The van der Waals surface area contributed by atoms with Gasteiger partial charge in [-0.05, 0) is 61.0 Å². The van der Waals surface area contributed by atoms with Crippen molar-refractivity contribution in [2.75, 3.05) is 19.1 Å². The van der Waals surface area contributed by atoms with Gasteiger partial charge in [-0.1, -0.05) is 29.8 Å². The maximum absolute atomic E-state index is 13.6. The van der Waals surface area contributed by atoms with Crippen molar-refractivity contribution in [3.8, 4) is 5.75 Å². The van der Waals surface area contributed by atoms with Crippen LogP contribution in [0.5, 0.6) is 5.75 Å². The number of anilines is 1. The standard InChI is InChI=1S/C28H26N2O6/c1-18-4-6-19(7-5-18)17-29(26(32)20-10-14-23(35-2)15-11-20)24-16-25(31)30(27(24)33)22-12-8-21(9-13-22)28(34)36-3/h4-15,24H,16-17H2,1-3H3. The SMILES string of the molecule is COC(=O)c1ccc(N2C(=O)CC(N(Cc3ccc(C)cc3)C(=O)c3ccc(OC)cc3)C2=O)cc1. The molecule has 3 amide bonds. The lowest BCUT2D eigenvalue weighted by atomic mass is 10.1. The van der Waals surface area contributed by atoms with Gasteiger partial charge < -0.3 is 14.4 Å². The lowest BCUT2D eigenvalue weighted by Gasteiger charge is -2.28. The van der Waals surface area contributed by atoms with Crippen LogP contribution in [-0.2, 0) is 20.9 Å². The highest BCUT2D eigenvalue weighted by Crippen LogP contribution is 2.28. The molecule has 0 saturated carbocycles. The molecule has 8 heteroatoms. The summed E-state index contributed by atoms with van der Waals surface area (Å²) >= 11 is 0. The average Bonchev–Trinajstić information content (AvgIpc) is 3.20. The van der Waals surface area contributed by atoms with Gasteiger partial charge in [0.2, 0.25) is 5.91 Å². The number of benzene rings is 3. The summed E-state index contributed by atoms with van der Waals surface area (Å²) in [7, 11) is 2.81. The van der Waals surface area contributed by atoms with Crippen molar-refractivity contribution in [1.82, 2.24) is 4.90 Å². The van der Waals surface area contributed by atoms with Crippen molar-refractivity contribution >= 4 is 29.4 Å². The molecular formula is C28H26N2O6. The maximum Gasteiger partial charge on any atom is 0.337 e. The molecule has 8 nitrogen and oxygen atoms in total. The first-order valence-corrected chi connectivity index (χ1v) is 11.4. The fourth-order valence-electron chi connectivity index (χ4n) is 4.11. The van der Waals surface area contributed by atoms with Crippen molar-refractivity contribution in [1.29, 1.82) is 0 Å². The van der Waals surface area contributed by atoms with Crippen LogP contribution < -0.4 is 9.64 Å². The third kappa shape index (κ3) is 4.98. The van der Waals surface area contributed by atoms with Gasteiger partial charge in [0, 0.05) is 12.1 Å². The molecule has 0 radical (unpaired) electrons. The Morgan fingerprint density at radius 1 is 0.889 bits per heavy atom. The number of imide groups is 1. The molecule has 0 bridgehead atoms. The Labute approximate surface area is 209 Å². The summed E-state index contributed by atoms with van der Waals surface area (Å²) in [4.78, 5) is 54.3. The van der Waals surface area contributed by atoms with E-state index in [9.17, 15) is 19.2 Å². The van der Waals surface area contributed by atoms with Crippen LogP contribution in [-0.4, -0.2) is 48.9 Å². The van der Waals surface area contributed by atoms with Crippen LogP contribution in [0, 0.1) is 6.92 Å². The number of aryl methyl sites for hydroxylation is 1. The summed E-state index contributed by atoms with van der Waals surface area (Å²) in [5.74, 6) is -1.21. The third-order valence-corrected chi connectivity index (χ3v) is 6.12. The summed E-state index contributed by atoms with van der Waals surface area (Å²) < 4.78 is 9.88. The number of amides is 3. The molecule has 1 atom stereocenters. The summed E-state index contributed by atoms with van der Waals surface area (Å²) in [6.07, 6.45) is -0.147. The second kappa shape index (κ2) is 10.4. The first-order chi connectivity index (χ1) is 17.3. The Bertz CT molecular complexity index is 1280. The summed E-state index contributed by atoms with van der Waals surface area (Å²) in [5.41, 5.74) is 2.91. The van der Waals surface area contributed by atoms with E-state index in [2.05, 4.69) is 0 Å². The Hall–Kier alpha value is -4.46. The number of hydrogen-bond acceptors (Lipinski definition) is 6. The molecule has 1 aliphatic heterocycles. The fraction of sp³-hybridized carbons (Fsp3) is 0.214. The minimum atomic E-state index is -0.978. The highest BCUT2D eigenvalue weighted by molar-refractivity contribution is 6.23. The zero-order valence-corrected chi connectivity index (χ0v) is 20.3. The van der Waals surface area contributed by atoms with Gasteiger partial charge in [0.1, 0.15) is 11.8 Å². The van der Waals surface area contributed by atoms with Gasteiger partial charge in [-0.25, -0.2) is 9.69 Å². The summed E-state index contributed by atoms with van der Waals surface area (Å²) in [6.45, 7) is 2.12. The Balaban J connectivity index is 1.65. The zero-order chi connectivity index (χ0) is 25.8. The molecule has 1 aliphatic rings. The minimum absolute atomic E-state index is 0.147. The molecule has 184 valence electrons. The predicted molar refractivity (Wildman–Crippen MR) is 133 cm³/mol. The highest BCUT2D eigenvalue weighted by Gasteiger charge is 2.44. The Morgan fingerprint density at radius 3 is 2.08 bits per heavy atom. The second-order valence-electron chi connectivity index (χ2n) is 8.47. The number of esters is 1. The summed E-state index contributed by atoms with van der Waals surface area (Å²) in [5, 5.41) is 0. The monoisotopic (exact) mass is 486 g/mol. The van der Waals surface area contributed by atoms with Crippen molar-refractivity contribution in [2.45, 2.75) is 25.9 Å².